The summed E-state index contributed by atoms with van der Waals surface area (Å²) in [5, 5.41) is 0. The van der Waals surface area contributed by atoms with Gasteiger partial charge >= 0.3 is 5.97 Å². The van der Waals surface area contributed by atoms with Gasteiger partial charge in [-0.25, -0.2) is 4.79 Å². The van der Waals surface area contributed by atoms with E-state index in [4.69, 9.17) is 10.5 Å². The number of unbranched alkanes of at least 4 members (excludes halogenated alkanes) is 2. The number of allylic oxidation sites excluding steroid dienone is 1. The summed E-state index contributed by atoms with van der Waals surface area (Å²) in [6.07, 6.45) is 5.11. The lowest BCUT2D eigenvalue weighted by molar-refractivity contribution is -0.139. The number of carbonyl (C=O) groups excluding carboxylic acids is 1. The van der Waals surface area contributed by atoms with Crippen LogP contribution in [0.2, 0.25) is 0 Å². The first-order chi connectivity index (χ1) is 6.57. The topological polar surface area (TPSA) is 52.3 Å². The second-order valence-corrected chi connectivity index (χ2v) is 3.61. The molecule has 0 aromatic rings. The van der Waals surface area contributed by atoms with E-state index < -0.39 is 0 Å². The molecule has 0 aliphatic rings. The molecule has 2 N–H and O–H groups in total. The third kappa shape index (κ3) is 6.66. The number of hydrogen-bond donors (Lipinski definition) is 1. The highest BCUT2D eigenvalue weighted by molar-refractivity contribution is 5.87. The fourth-order valence-corrected chi connectivity index (χ4v) is 0.927. The van der Waals surface area contributed by atoms with Gasteiger partial charge in [-0.3, -0.25) is 0 Å². The minimum atomic E-state index is -0.251. The first-order valence-corrected chi connectivity index (χ1v) is 5.17. The summed E-state index contributed by atoms with van der Waals surface area (Å²) in [5.74, 6) is -0.251. The van der Waals surface area contributed by atoms with Crippen LogP contribution in [0.3, 0.4) is 0 Å². The van der Waals surface area contributed by atoms with Gasteiger partial charge in [0.25, 0.3) is 0 Å². The van der Waals surface area contributed by atoms with Crippen molar-refractivity contribution in [3.05, 3.63) is 11.6 Å². The van der Waals surface area contributed by atoms with Crippen molar-refractivity contribution in [1.82, 2.24) is 0 Å². The lowest BCUT2D eigenvalue weighted by Gasteiger charge is -2.07. The zero-order chi connectivity index (χ0) is 11.0. The lowest BCUT2D eigenvalue weighted by Crippen LogP contribution is -2.24. The minimum Gasteiger partial charge on any atom is -0.461 e. The van der Waals surface area contributed by atoms with Crippen LogP contribution in [0, 0.1) is 0 Å². The number of esters is 1. The predicted molar refractivity (Wildman–Crippen MR) is 57.9 cm³/mol. The van der Waals surface area contributed by atoms with Crippen LogP contribution >= 0.6 is 0 Å². The molecule has 1 unspecified atom stereocenters. The highest BCUT2D eigenvalue weighted by atomic mass is 16.5. The summed E-state index contributed by atoms with van der Waals surface area (Å²) < 4.78 is 4.96. The van der Waals surface area contributed by atoms with Crippen LogP contribution in [0.1, 0.15) is 40.0 Å². The molecule has 0 saturated carbocycles. The molecule has 0 heterocycles. The minimum absolute atomic E-state index is 0.0950. The van der Waals surface area contributed by atoms with Crippen molar-refractivity contribution in [2.45, 2.75) is 46.1 Å². The van der Waals surface area contributed by atoms with Gasteiger partial charge in [0.05, 0.1) is 0 Å². The molecule has 0 aliphatic carbocycles. The fourth-order valence-electron chi connectivity index (χ4n) is 0.927. The first-order valence-electron chi connectivity index (χ1n) is 5.17. The Kier molecular flexibility index (Phi) is 7.11. The third-order valence-corrected chi connectivity index (χ3v) is 1.81. The Labute approximate surface area is 86.3 Å². The van der Waals surface area contributed by atoms with Crippen LogP contribution in [-0.2, 0) is 9.53 Å². The molecule has 0 radical (unpaired) electrons. The Morgan fingerprint density at radius 3 is 2.71 bits per heavy atom. The van der Waals surface area contributed by atoms with Gasteiger partial charge in [-0.15, -0.1) is 0 Å². The SMILES string of the molecule is CCCCC=C(C)C(=O)OCC(C)N. The van der Waals surface area contributed by atoms with E-state index in [2.05, 4.69) is 6.92 Å². The molecule has 1 atom stereocenters. The highest BCUT2D eigenvalue weighted by Gasteiger charge is 2.05. The number of hydrogen-bond acceptors (Lipinski definition) is 3. The van der Waals surface area contributed by atoms with Crippen molar-refractivity contribution < 1.29 is 9.53 Å². The van der Waals surface area contributed by atoms with Crippen molar-refractivity contribution in [3.8, 4) is 0 Å². The van der Waals surface area contributed by atoms with Crippen molar-refractivity contribution in [1.29, 1.82) is 0 Å². The number of rotatable bonds is 6. The Balaban J connectivity index is 3.80. The Hall–Kier alpha value is -0.830. The van der Waals surface area contributed by atoms with Crippen LogP contribution in [-0.4, -0.2) is 18.6 Å². The van der Waals surface area contributed by atoms with E-state index in [1.54, 1.807) is 6.92 Å². The van der Waals surface area contributed by atoms with E-state index in [1.165, 1.54) is 0 Å². The molecule has 0 saturated heterocycles. The fraction of sp³-hybridized carbons (Fsp3) is 0.727. The quantitative estimate of drug-likeness (QED) is 0.404. The molecule has 0 aromatic carbocycles. The normalized spacial score (nSPS) is 13.9. The van der Waals surface area contributed by atoms with Gasteiger partial charge in [-0.1, -0.05) is 25.8 Å². The average molecular weight is 199 g/mol. The van der Waals surface area contributed by atoms with Crippen LogP contribution in [0.25, 0.3) is 0 Å². The van der Waals surface area contributed by atoms with E-state index in [1.807, 2.05) is 13.0 Å². The molecule has 3 heteroatoms. The summed E-state index contributed by atoms with van der Waals surface area (Å²) in [4.78, 5) is 11.3. The van der Waals surface area contributed by atoms with Gasteiger partial charge in [-0.05, 0) is 20.3 Å². The molecule has 0 aromatic heterocycles. The smallest absolute Gasteiger partial charge is 0.333 e. The summed E-state index contributed by atoms with van der Waals surface area (Å²) in [6, 6.07) is -0.0950. The zero-order valence-electron chi connectivity index (χ0n) is 9.38. The van der Waals surface area contributed by atoms with Gasteiger partial charge in [0.1, 0.15) is 6.61 Å². The molecular formula is C11H21NO2. The number of ether oxygens (including phenoxy) is 1. The predicted octanol–water partition coefficient (Wildman–Crippen LogP) is 2.01. The largest absolute Gasteiger partial charge is 0.461 e. The zero-order valence-corrected chi connectivity index (χ0v) is 9.38. The van der Waals surface area contributed by atoms with E-state index in [0.717, 1.165) is 19.3 Å². The Morgan fingerprint density at radius 2 is 2.21 bits per heavy atom. The second kappa shape index (κ2) is 7.56. The van der Waals surface area contributed by atoms with Crippen LogP contribution in [0.15, 0.2) is 11.6 Å². The van der Waals surface area contributed by atoms with Gasteiger partial charge in [0.2, 0.25) is 0 Å². The summed E-state index contributed by atoms with van der Waals surface area (Å²) in [7, 11) is 0. The maximum absolute atomic E-state index is 11.3. The summed E-state index contributed by atoms with van der Waals surface area (Å²) in [6.45, 7) is 6.00. The lowest BCUT2D eigenvalue weighted by atomic mass is 10.2. The molecule has 0 aliphatic heterocycles. The number of nitrogens with two attached hydrogens (primary N) is 1. The second-order valence-electron chi connectivity index (χ2n) is 3.61. The molecule has 0 amide bonds. The maximum Gasteiger partial charge on any atom is 0.333 e. The third-order valence-electron chi connectivity index (χ3n) is 1.81. The van der Waals surface area contributed by atoms with Crippen LogP contribution < -0.4 is 5.73 Å². The van der Waals surface area contributed by atoms with Gasteiger partial charge in [-0.2, -0.15) is 0 Å². The van der Waals surface area contributed by atoms with Gasteiger partial charge < -0.3 is 10.5 Å². The highest BCUT2D eigenvalue weighted by Crippen LogP contribution is 2.02. The summed E-state index contributed by atoms with van der Waals surface area (Å²) >= 11 is 0. The van der Waals surface area contributed by atoms with Crippen molar-refractivity contribution in [3.63, 3.8) is 0 Å². The number of carbonyl (C=O) groups is 1. The molecule has 0 bridgehead atoms. The molecule has 82 valence electrons. The van der Waals surface area contributed by atoms with Crippen LogP contribution in [0.5, 0.6) is 0 Å². The van der Waals surface area contributed by atoms with Crippen LogP contribution in [0.4, 0.5) is 0 Å². The van der Waals surface area contributed by atoms with E-state index in [9.17, 15) is 4.79 Å². The summed E-state index contributed by atoms with van der Waals surface area (Å²) in [5.41, 5.74) is 6.15. The Bertz CT molecular complexity index is 197. The molecule has 0 rings (SSSR count). The van der Waals surface area contributed by atoms with E-state index in [-0.39, 0.29) is 18.6 Å². The monoisotopic (exact) mass is 199 g/mol. The Morgan fingerprint density at radius 1 is 1.57 bits per heavy atom. The van der Waals surface area contributed by atoms with Crippen molar-refractivity contribution >= 4 is 5.97 Å². The van der Waals surface area contributed by atoms with Gasteiger partial charge in [0, 0.05) is 11.6 Å². The first kappa shape index (κ1) is 13.2. The van der Waals surface area contributed by atoms with Gasteiger partial charge in [0.15, 0.2) is 0 Å². The molecule has 0 spiro atoms. The molecule has 3 nitrogen and oxygen atoms in total. The maximum atomic E-state index is 11.3. The average Bonchev–Trinajstić information content (AvgIpc) is 2.14. The van der Waals surface area contributed by atoms with E-state index >= 15 is 0 Å². The molecular weight excluding hydrogens is 178 g/mol. The van der Waals surface area contributed by atoms with Crippen molar-refractivity contribution in [2.75, 3.05) is 6.61 Å². The van der Waals surface area contributed by atoms with E-state index in [0.29, 0.717) is 5.57 Å². The molecule has 14 heavy (non-hydrogen) atoms. The standard InChI is InChI=1S/C11H21NO2/c1-4-5-6-7-9(2)11(13)14-8-10(3)12/h7,10H,4-6,8,12H2,1-3H3. The molecule has 0 fully saturated rings. The van der Waals surface area contributed by atoms with Crippen molar-refractivity contribution in [2.24, 2.45) is 5.73 Å².